The van der Waals surface area contributed by atoms with Crippen LogP contribution in [0.5, 0.6) is 0 Å². The molecule has 1 unspecified atom stereocenters. The average Bonchev–Trinajstić information content (AvgIpc) is 2.39. The Balaban J connectivity index is 2.58. The Bertz CT molecular complexity index is 382. The van der Waals surface area contributed by atoms with E-state index >= 15 is 0 Å². The van der Waals surface area contributed by atoms with Crippen molar-refractivity contribution in [3.63, 3.8) is 0 Å². The van der Waals surface area contributed by atoms with E-state index in [9.17, 15) is 5.11 Å². The van der Waals surface area contributed by atoms with Crippen LogP contribution in [-0.4, -0.2) is 41.4 Å². The largest absolute Gasteiger partial charge is 0.395 e. The molecule has 108 valence electrons. The van der Waals surface area contributed by atoms with Crippen LogP contribution in [-0.2, 0) is 0 Å². The summed E-state index contributed by atoms with van der Waals surface area (Å²) in [5.41, 5.74) is 0.662. The number of aliphatic hydroxyl groups excluding tert-OH is 2. The van der Waals surface area contributed by atoms with Crippen LogP contribution in [0.4, 0.5) is 0 Å². The van der Waals surface area contributed by atoms with Crippen LogP contribution in [0.2, 0.25) is 10.0 Å². The first-order valence-corrected chi connectivity index (χ1v) is 7.31. The average molecular weight is 306 g/mol. The molecule has 0 aliphatic heterocycles. The van der Waals surface area contributed by atoms with E-state index in [0.29, 0.717) is 28.6 Å². The van der Waals surface area contributed by atoms with E-state index in [4.69, 9.17) is 28.3 Å². The third-order valence-corrected chi connectivity index (χ3v) is 3.85. The fourth-order valence-corrected chi connectivity index (χ4v) is 2.47. The van der Waals surface area contributed by atoms with Crippen LogP contribution in [0.3, 0.4) is 0 Å². The summed E-state index contributed by atoms with van der Waals surface area (Å²) in [6.45, 7) is 4.49. The maximum absolute atomic E-state index is 10.2. The van der Waals surface area contributed by atoms with Crippen molar-refractivity contribution in [2.75, 3.05) is 26.2 Å². The minimum absolute atomic E-state index is 0.133. The van der Waals surface area contributed by atoms with E-state index in [1.165, 1.54) is 0 Å². The Kier molecular flexibility index (Phi) is 7.73. The summed E-state index contributed by atoms with van der Waals surface area (Å²) in [7, 11) is 0. The van der Waals surface area contributed by atoms with Gasteiger partial charge in [0.1, 0.15) is 0 Å². The predicted molar refractivity (Wildman–Crippen MR) is 79.9 cm³/mol. The fourth-order valence-electron chi connectivity index (χ4n) is 2.03. The highest BCUT2D eigenvalue weighted by Crippen LogP contribution is 2.31. The van der Waals surface area contributed by atoms with E-state index < -0.39 is 6.10 Å². The van der Waals surface area contributed by atoms with Gasteiger partial charge in [-0.2, -0.15) is 0 Å². The van der Waals surface area contributed by atoms with Gasteiger partial charge in [0.05, 0.1) is 22.8 Å². The number of hydrogen-bond acceptors (Lipinski definition) is 3. The lowest BCUT2D eigenvalue weighted by Gasteiger charge is -2.22. The highest BCUT2D eigenvalue weighted by Gasteiger charge is 2.15. The maximum Gasteiger partial charge on any atom is 0.0817 e. The Hall–Kier alpha value is -0.320. The standard InChI is InChI=1S/C14H21Cl2NO2/c1-2-7-17(9-10-18)8-6-13(19)11-4-3-5-12(15)14(11)16/h3-5,13,18-19H,2,6-10H2,1H3. The van der Waals surface area contributed by atoms with Crippen molar-refractivity contribution in [2.24, 2.45) is 0 Å². The van der Waals surface area contributed by atoms with E-state index in [-0.39, 0.29) is 6.61 Å². The van der Waals surface area contributed by atoms with Gasteiger partial charge in [-0.15, -0.1) is 0 Å². The highest BCUT2D eigenvalue weighted by molar-refractivity contribution is 6.42. The van der Waals surface area contributed by atoms with Crippen molar-refractivity contribution in [3.05, 3.63) is 33.8 Å². The van der Waals surface area contributed by atoms with Crippen molar-refractivity contribution < 1.29 is 10.2 Å². The summed E-state index contributed by atoms with van der Waals surface area (Å²) < 4.78 is 0. The zero-order chi connectivity index (χ0) is 14.3. The third kappa shape index (κ3) is 5.28. The summed E-state index contributed by atoms with van der Waals surface area (Å²) in [4.78, 5) is 2.13. The van der Waals surface area contributed by atoms with Crippen LogP contribution in [0.1, 0.15) is 31.4 Å². The predicted octanol–water partition coefficient (Wildman–Crippen LogP) is 3.12. The Morgan fingerprint density at radius 2 is 1.95 bits per heavy atom. The number of halogens is 2. The minimum atomic E-state index is -0.635. The topological polar surface area (TPSA) is 43.7 Å². The van der Waals surface area contributed by atoms with Crippen LogP contribution in [0.25, 0.3) is 0 Å². The van der Waals surface area contributed by atoms with Gasteiger partial charge in [0.25, 0.3) is 0 Å². The quantitative estimate of drug-likeness (QED) is 0.775. The van der Waals surface area contributed by atoms with Gasteiger partial charge >= 0.3 is 0 Å². The maximum atomic E-state index is 10.2. The number of hydrogen-bond donors (Lipinski definition) is 2. The summed E-state index contributed by atoms with van der Waals surface area (Å²) in [5, 5.41) is 20.0. The molecule has 0 aliphatic carbocycles. The Morgan fingerprint density at radius 1 is 1.21 bits per heavy atom. The molecular formula is C14H21Cl2NO2. The minimum Gasteiger partial charge on any atom is -0.395 e. The van der Waals surface area contributed by atoms with Gasteiger partial charge in [-0.3, -0.25) is 0 Å². The van der Waals surface area contributed by atoms with Crippen LogP contribution < -0.4 is 0 Å². The van der Waals surface area contributed by atoms with Crippen molar-refractivity contribution >= 4 is 23.2 Å². The van der Waals surface area contributed by atoms with Gasteiger partial charge in [-0.05, 0) is 25.5 Å². The molecule has 0 aliphatic rings. The molecule has 0 radical (unpaired) electrons. The lowest BCUT2D eigenvalue weighted by atomic mass is 10.1. The third-order valence-electron chi connectivity index (χ3n) is 3.02. The molecule has 0 bridgehead atoms. The summed E-state index contributed by atoms with van der Waals surface area (Å²) in [5.74, 6) is 0. The zero-order valence-corrected chi connectivity index (χ0v) is 12.7. The Morgan fingerprint density at radius 3 is 2.58 bits per heavy atom. The van der Waals surface area contributed by atoms with Gasteiger partial charge in [-0.25, -0.2) is 0 Å². The molecule has 0 aromatic heterocycles. The number of benzene rings is 1. The van der Waals surface area contributed by atoms with E-state index in [1.54, 1.807) is 18.2 Å². The molecule has 2 N–H and O–H groups in total. The molecule has 0 spiro atoms. The molecule has 19 heavy (non-hydrogen) atoms. The second-order valence-electron chi connectivity index (χ2n) is 4.51. The molecule has 1 rings (SSSR count). The molecule has 0 fully saturated rings. The lowest BCUT2D eigenvalue weighted by molar-refractivity contribution is 0.131. The fraction of sp³-hybridized carbons (Fsp3) is 0.571. The Labute approximate surface area is 124 Å². The van der Waals surface area contributed by atoms with Crippen LogP contribution >= 0.6 is 23.2 Å². The molecule has 1 atom stereocenters. The van der Waals surface area contributed by atoms with Gasteiger partial charge in [0.2, 0.25) is 0 Å². The van der Waals surface area contributed by atoms with Crippen molar-refractivity contribution in [3.8, 4) is 0 Å². The normalized spacial score (nSPS) is 12.9. The smallest absolute Gasteiger partial charge is 0.0817 e. The molecular weight excluding hydrogens is 285 g/mol. The molecule has 0 saturated carbocycles. The monoisotopic (exact) mass is 305 g/mol. The van der Waals surface area contributed by atoms with Crippen molar-refractivity contribution in [2.45, 2.75) is 25.9 Å². The second-order valence-corrected chi connectivity index (χ2v) is 5.30. The van der Waals surface area contributed by atoms with Gasteiger partial charge in [0, 0.05) is 18.7 Å². The summed E-state index contributed by atoms with van der Waals surface area (Å²) in [6.07, 6.45) is 0.956. The van der Waals surface area contributed by atoms with E-state index in [1.807, 2.05) is 0 Å². The summed E-state index contributed by atoms with van der Waals surface area (Å²) in [6, 6.07) is 5.27. The first kappa shape index (κ1) is 16.7. The number of rotatable bonds is 8. The van der Waals surface area contributed by atoms with Crippen LogP contribution in [0, 0.1) is 0 Å². The van der Waals surface area contributed by atoms with Crippen molar-refractivity contribution in [1.82, 2.24) is 4.90 Å². The van der Waals surface area contributed by atoms with E-state index in [0.717, 1.165) is 19.5 Å². The van der Waals surface area contributed by atoms with Gasteiger partial charge in [-0.1, -0.05) is 42.3 Å². The first-order chi connectivity index (χ1) is 9.10. The second kappa shape index (κ2) is 8.77. The molecule has 0 amide bonds. The molecule has 3 nitrogen and oxygen atoms in total. The van der Waals surface area contributed by atoms with Crippen molar-refractivity contribution in [1.29, 1.82) is 0 Å². The lowest BCUT2D eigenvalue weighted by Crippen LogP contribution is -2.29. The van der Waals surface area contributed by atoms with Crippen LogP contribution in [0.15, 0.2) is 18.2 Å². The van der Waals surface area contributed by atoms with E-state index in [2.05, 4.69) is 11.8 Å². The van der Waals surface area contributed by atoms with Gasteiger partial charge < -0.3 is 15.1 Å². The van der Waals surface area contributed by atoms with Gasteiger partial charge in [0.15, 0.2) is 0 Å². The first-order valence-electron chi connectivity index (χ1n) is 6.55. The number of aliphatic hydroxyl groups is 2. The summed E-state index contributed by atoms with van der Waals surface area (Å²) >= 11 is 12.0. The molecule has 5 heteroatoms. The molecule has 0 heterocycles. The number of nitrogens with zero attached hydrogens (tertiary/aromatic N) is 1. The highest BCUT2D eigenvalue weighted by atomic mass is 35.5. The molecule has 1 aromatic rings. The molecule has 0 saturated heterocycles. The molecule has 1 aromatic carbocycles. The zero-order valence-electron chi connectivity index (χ0n) is 11.1. The SMILES string of the molecule is CCCN(CCO)CCC(O)c1cccc(Cl)c1Cl.